The minimum Gasteiger partial charge on any atom is -0.497 e. The summed E-state index contributed by atoms with van der Waals surface area (Å²) in [6.07, 6.45) is 6.19. The number of rotatable bonds is 7. The number of benzene rings is 1. The van der Waals surface area contributed by atoms with E-state index < -0.39 is 0 Å². The van der Waals surface area contributed by atoms with E-state index in [9.17, 15) is 0 Å². The number of hydrogen-bond acceptors (Lipinski definition) is 6. The Kier molecular flexibility index (Phi) is 6.10. The second-order valence-electron chi connectivity index (χ2n) is 8.92. The highest BCUT2D eigenvalue weighted by atomic mass is 16.5. The Morgan fingerprint density at radius 2 is 1.88 bits per heavy atom. The molecule has 1 aliphatic carbocycles. The number of fused-ring (bicyclic) bond motifs is 1. The fourth-order valence-corrected chi connectivity index (χ4v) is 5.37. The smallest absolute Gasteiger partial charge is 0.126 e. The van der Waals surface area contributed by atoms with E-state index in [0.29, 0.717) is 17.9 Å². The lowest BCUT2D eigenvalue weighted by Gasteiger charge is -2.37. The molecular formula is C25H31N5O2. The molecular weight excluding hydrogens is 402 g/mol. The predicted molar refractivity (Wildman–Crippen MR) is 125 cm³/mol. The summed E-state index contributed by atoms with van der Waals surface area (Å²) in [5, 5.41) is 11.1. The number of likely N-dealkylation sites (tertiary alicyclic amines) is 1. The predicted octanol–water partition coefficient (Wildman–Crippen LogP) is 3.82. The second kappa shape index (κ2) is 9.30. The summed E-state index contributed by atoms with van der Waals surface area (Å²) >= 11 is 0. The molecule has 0 spiro atoms. The van der Waals surface area contributed by atoms with Crippen molar-refractivity contribution in [1.29, 1.82) is 0 Å². The number of hydrogen-bond donors (Lipinski definition) is 2. The van der Waals surface area contributed by atoms with Crippen molar-refractivity contribution in [1.82, 2.24) is 20.1 Å². The first-order chi connectivity index (χ1) is 15.7. The summed E-state index contributed by atoms with van der Waals surface area (Å²) in [7, 11) is 3.52. The molecule has 1 aliphatic heterocycles. The van der Waals surface area contributed by atoms with E-state index in [1.807, 2.05) is 49.8 Å². The monoisotopic (exact) mass is 433 g/mol. The van der Waals surface area contributed by atoms with Gasteiger partial charge in [-0.25, -0.2) is 4.98 Å². The number of anilines is 1. The van der Waals surface area contributed by atoms with Gasteiger partial charge in [0.2, 0.25) is 0 Å². The lowest BCUT2D eigenvalue weighted by molar-refractivity contribution is 0.0304. The zero-order valence-corrected chi connectivity index (χ0v) is 18.7. The van der Waals surface area contributed by atoms with Crippen LogP contribution >= 0.6 is 0 Å². The molecule has 2 aliphatic rings. The van der Waals surface area contributed by atoms with Crippen molar-refractivity contribution in [3.63, 3.8) is 0 Å². The summed E-state index contributed by atoms with van der Waals surface area (Å²) < 4.78 is 11.2. The topological polar surface area (TPSA) is 75.3 Å². The lowest BCUT2D eigenvalue weighted by Crippen LogP contribution is -2.44. The van der Waals surface area contributed by atoms with Gasteiger partial charge in [-0.1, -0.05) is 6.07 Å². The first-order valence-electron chi connectivity index (χ1n) is 11.3. The maximum Gasteiger partial charge on any atom is 0.126 e. The van der Waals surface area contributed by atoms with Gasteiger partial charge in [0.25, 0.3) is 0 Å². The normalized spacial score (nSPS) is 25.4. The summed E-state index contributed by atoms with van der Waals surface area (Å²) in [6, 6.07) is 14.4. The van der Waals surface area contributed by atoms with Gasteiger partial charge in [-0.3, -0.25) is 10.00 Å². The van der Waals surface area contributed by atoms with Crippen LogP contribution in [0.3, 0.4) is 0 Å². The number of nitrogens with zero attached hydrogens (tertiary/aromatic N) is 3. The first-order valence-corrected chi connectivity index (χ1v) is 11.3. The number of pyridine rings is 1. The molecule has 7 heteroatoms. The number of H-pyrrole nitrogens is 1. The highest BCUT2D eigenvalue weighted by Crippen LogP contribution is 2.39. The van der Waals surface area contributed by atoms with Crippen molar-refractivity contribution in [3.8, 4) is 17.0 Å². The molecule has 3 aromatic rings. The minimum absolute atomic E-state index is 0.210. The Hall–Kier alpha value is -2.90. The number of aromatic amines is 1. The molecule has 1 saturated heterocycles. The summed E-state index contributed by atoms with van der Waals surface area (Å²) in [6.45, 7) is 3.11. The molecule has 7 nitrogen and oxygen atoms in total. The van der Waals surface area contributed by atoms with Crippen LogP contribution in [0.15, 0.2) is 54.9 Å². The first kappa shape index (κ1) is 21.0. The van der Waals surface area contributed by atoms with E-state index in [4.69, 9.17) is 9.47 Å². The molecule has 32 heavy (non-hydrogen) atoms. The number of nitrogens with one attached hydrogen (secondary N) is 2. The van der Waals surface area contributed by atoms with Crippen LogP contribution in [0.5, 0.6) is 5.75 Å². The third-order valence-corrected chi connectivity index (χ3v) is 6.98. The van der Waals surface area contributed by atoms with Crippen molar-refractivity contribution in [2.75, 3.05) is 32.6 Å². The van der Waals surface area contributed by atoms with Crippen LogP contribution in [0.25, 0.3) is 11.3 Å². The quantitative estimate of drug-likeness (QED) is 0.590. The van der Waals surface area contributed by atoms with E-state index in [2.05, 4.69) is 37.5 Å². The van der Waals surface area contributed by atoms with Crippen LogP contribution < -0.4 is 10.1 Å². The van der Waals surface area contributed by atoms with Crippen LogP contribution in [0.2, 0.25) is 0 Å². The molecule has 4 atom stereocenters. The third-order valence-electron chi connectivity index (χ3n) is 6.98. The Morgan fingerprint density at radius 3 is 2.59 bits per heavy atom. The van der Waals surface area contributed by atoms with Gasteiger partial charge >= 0.3 is 0 Å². The van der Waals surface area contributed by atoms with Crippen molar-refractivity contribution in [3.05, 3.63) is 60.4 Å². The zero-order valence-electron chi connectivity index (χ0n) is 18.7. The minimum atomic E-state index is 0.210. The summed E-state index contributed by atoms with van der Waals surface area (Å²) in [5.74, 6) is 3.12. The van der Waals surface area contributed by atoms with Crippen LogP contribution in [-0.4, -0.2) is 59.5 Å². The molecule has 1 aromatic carbocycles. The van der Waals surface area contributed by atoms with Crippen LogP contribution in [0, 0.1) is 11.8 Å². The van der Waals surface area contributed by atoms with Gasteiger partial charge < -0.3 is 14.8 Å². The molecule has 0 radical (unpaired) electrons. The molecule has 3 heterocycles. The van der Waals surface area contributed by atoms with Crippen LogP contribution in [0.4, 0.5) is 5.82 Å². The van der Waals surface area contributed by atoms with Crippen LogP contribution in [-0.2, 0) is 11.3 Å². The van der Waals surface area contributed by atoms with Crippen LogP contribution in [0.1, 0.15) is 18.4 Å². The number of methoxy groups -OCH3 is 2. The fraction of sp³-hybridized carbons (Fsp3) is 0.440. The van der Waals surface area contributed by atoms with E-state index in [0.717, 1.165) is 55.3 Å². The molecule has 1 saturated carbocycles. The molecule has 0 bridgehead atoms. The molecule has 0 amide bonds. The Morgan fingerprint density at radius 1 is 1.06 bits per heavy atom. The van der Waals surface area contributed by atoms with Gasteiger partial charge in [0.05, 0.1) is 31.1 Å². The van der Waals surface area contributed by atoms with Crippen molar-refractivity contribution in [2.45, 2.75) is 31.5 Å². The van der Waals surface area contributed by atoms with Gasteiger partial charge in [0.1, 0.15) is 11.6 Å². The van der Waals surface area contributed by atoms with E-state index in [-0.39, 0.29) is 6.10 Å². The highest BCUT2D eigenvalue weighted by Gasteiger charge is 2.42. The van der Waals surface area contributed by atoms with E-state index >= 15 is 0 Å². The average molecular weight is 434 g/mol. The second-order valence-corrected chi connectivity index (χ2v) is 8.92. The maximum absolute atomic E-state index is 5.89. The Balaban J connectivity index is 1.25. The van der Waals surface area contributed by atoms with Gasteiger partial charge in [-0.2, -0.15) is 5.10 Å². The Labute approximate surface area is 189 Å². The molecule has 0 unspecified atom stereocenters. The number of ether oxygens (including phenoxy) is 2. The zero-order chi connectivity index (χ0) is 21.9. The third kappa shape index (κ3) is 4.36. The van der Waals surface area contributed by atoms with Crippen molar-refractivity contribution in [2.24, 2.45) is 11.8 Å². The van der Waals surface area contributed by atoms with E-state index in [1.54, 1.807) is 7.11 Å². The molecule has 168 valence electrons. The molecule has 2 N–H and O–H groups in total. The summed E-state index contributed by atoms with van der Waals surface area (Å²) in [4.78, 5) is 7.02. The number of aromatic nitrogens is 3. The molecule has 2 fully saturated rings. The van der Waals surface area contributed by atoms with Crippen molar-refractivity contribution >= 4 is 5.82 Å². The van der Waals surface area contributed by atoms with E-state index in [1.165, 1.54) is 5.56 Å². The fourth-order valence-electron chi connectivity index (χ4n) is 5.37. The maximum atomic E-state index is 5.89. The lowest BCUT2D eigenvalue weighted by atomic mass is 9.77. The largest absolute Gasteiger partial charge is 0.497 e. The SMILES string of the molecule is COc1ccc(-c2[nH]ncc2CN2C[C@H]3C[C@@H](Nc4ccccn4)[C@H](OC)C[C@H]3C2)cc1. The Bertz CT molecular complexity index is 1010. The molecule has 2 aromatic heterocycles. The standard InChI is InChI=1S/C25H31N5O2/c1-31-21-8-6-17(7-9-21)25-20(13-27-29-25)16-30-14-18-11-22(23(32-2)12-19(18)15-30)28-24-5-3-4-10-26-24/h3-10,13,18-19,22-23H,11-12,14-16H2,1-2H3,(H,26,28)(H,27,29)/t18-,19+,22-,23-/m1/s1. The van der Waals surface area contributed by atoms with Gasteiger partial charge in [0, 0.05) is 44.1 Å². The highest BCUT2D eigenvalue weighted by molar-refractivity contribution is 5.63. The summed E-state index contributed by atoms with van der Waals surface area (Å²) in [5.41, 5.74) is 3.46. The van der Waals surface area contributed by atoms with Gasteiger partial charge in [0.15, 0.2) is 0 Å². The molecule has 5 rings (SSSR count). The van der Waals surface area contributed by atoms with Crippen molar-refractivity contribution < 1.29 is 9.47 Å². The van der Waals surface area contributed by atoms with Gasteiger partial charge in [-0.15, -0.1) is 0 Å². The van der Waals surface area contributed by atoms with Gasteiger partial charge in [-0.05, 0) is 61.1 Å². The average Bonchev–Trinajstić information content (AvgIpc) is 3.45.